The highest BCUT2D eigenvalue weighted by molar-refractivity contribution is 5.78. The van der Waals surface area contributed by atoms with Crippen LogP contribution >= 0.6 is 0 Å². The average Bonchev–Trinajstić information content (AvgIpc) is 2.67. The summed E-state index contributed by atoms with van der Waals surface area (Å²) in [5.74, 6) is 0.642. The van der Waals surface area contributed by atoms with Gasteiger partial charge in [0.15, 0.2) is 6.61 Å². The van der Waals surface area contributed by atoms with Crippen LogP contribution in [-0.4, -0.2) is 43.7 Å². The fourth-order valence-corrected chi connectivity index (χ4v) is 2.53. The van der Waals surface area contributed by atoms with Crippen LogP contribution in [0.25, 0.3) is 11.1 Å². The molecule has 0 atom stereocenters. The number of hydrogen-bond acceptors (Lipinski definition) is 4. The van der Waals surface area contributed by atoms with Gasteiger partial charge in [-0.2, -0.15) is 5.26 Å². The summed E-state index contributed by atoms with van der Waals surface area (Å²) in [5.41, 5.74) is 2.71. The van der Waals surface area contributed by atoms with E-state index in [0.29, 0.717) is 37.6 Å². The van der Waals surface area contributed by atoms with Crippen molar-refractivity contribution >= 4 is 5.91 Å². The van der Waals surface area contributed by atoms with Crippen molar-refractivity contribution in [2.24, 2.45) is 0 Å². The molecule has 5 heteroatoms. The number of carbonyl (C=O) groups excluding carboxylic acids is 1. The molecule has 0 radical (unpaired) electrons. The zero-order chi connectivity index (χ0) is 16.8. The molecule has 2 aromatic carbocycles. The SMILES string of the molecule is N#Cc1ccc(-c2ccc(OCC(=O)N3CCOCC3)cc2)cc1. The second kappa shape index (κ2) is 7.62. The van der Waals surface area contributed by atoms with Gasteiger partial charge in [-0.1, -0.05) is 24.3 Å². The quantitative estimate of drug-likeness (QED) is 0.867. The van der Waals surface area contributed by atoms with E-state index < -0.39 is 0 Å². The molecule has 1 heterocycles. The summed E-state index contributed by atoms with van der Waals surface area (Å²) in [6.45, 7) is 2.46. The van der Waals surface area contributed by atoms with Crippen LogP contribution in [0.2, 0.25) is 0 Å². The molecule has 1 aliphatic heterocycles. The van der Waals surface area contributed by atoms with Crippen molar-refractivity contribution in [1.82, 2.24) is 4.90 Å². The monoisotopic (exact) mass is 322 g/mol. The van der Waals surface area contributed by atoms with Crippen LogP contribution in [0.15, 0.2) is 48.5 Å². The molecule has 0 saturated carbocycles. The number of ether oxygens (including phenoxy) is 2. The lowest BCUT2D eigenvalue weighted by Gasteiger charge is -2.26. The highest BCUT2D eigenvalue weighted by Crippen LogP contribution is 2.22. The second-order valence-electron chi connectivity index (χ2n) is 5.50. The van der Waals surface area contributed by atoms with E-state index in [-0.39, 0.29) is 12.5 Å². The molecule has 5 nitrogen and oxygen atoms in total. The van der Waals surface area contributed by atoms with E-state index >= 15 is 0 Å². The normalized spacial score (nSPS) is 14.0. The third kappa shape index (κ3) is 3.92. The minimum absolute atomic E-state index is 0.0190. The number of nitrogens with zero attached hydrogens (tertiary/aromatic N) is 2. The van der Waals surface area contributed by atoms with Gasteiger partial charge in [0.2, 0.25) is 0 Å². The van der Waals surface area contributed by atoms with Gasteiger partial charge in [-0.3, -0.25) is 4.79 Å². The van der Waals surface area contributed by atoms with Crippen LogP contribution in [0, 0.1) is 11.3 Å². The van der Waals surface area contributed by atoms with Gasteiger partial charge in [0, 0.05) is 13.1 Å². The zero-order valence-electron chi connectivity index (χ0n) is 13.3. The highest BCUT2D eigenvalue weighted by Gasteiger charge is 2.17. The number of rotatable bonds is 4. The summed E-state index contributed by atoms with van der Waals surface area (Å²) in [7, 11) is 0. The van der Waals surface area contributed by atoms with Gasteiger partial charge in [-0.05, 0) is 35.4 Å². The Labute approximate surface area is 141 Å². The maximum Gasteiger partial charge on any atom is 0.260 e. The molecule has 0 spiro atoms. The summed E-state index contributed by atoms with van der Waals surface area (Å²) in [4.78, 5) is 13.8. The van der Waals surface area contributed by atoms with Crippen molar-refractivity contribution < 1.29 is 14.3 Å². The summed E-state index contributed by atoms with van der Waals surface area (Å²) in [6, 6.07) is 17.1. The average molecular weight is 322 g/mol. The summed E-state index contributed by atoms with van der Waals surface area (Å²) in [5, 5.41) is 8.83. The molecule has 3 rings (SSSR count). The fraction of sp³-hybridized carbons (Fsp3) is 0.263. The Hall–Kier alpha value is -2.84. The van der Waals surface area contributed by atoms with E-state index in [2.05, 4.69) is 6.07 Å². The van der Waals surface area contributed by atoms with Crippen LogP contribution in [0.1, 0.15) is 5.56 Å². The molecular weight excluding hydrogens is 304 g/mol. The molecule has 1 saturated heterocycles. The van der Waals surface area contributed by atoms with Crippen molar-refractivity contribution in [1.29, 1.82) is 5.26 Å². The van der Waals surface area contributed by atoms with Gasteiger partial charge in [-0.15, -0.1) is 0 Å². The summed E-state index contributed by atoms with van der Waals surface area (Å²) < 4.78 is 10.8. The Kier molecular flexibility index (Phi) is 5.09. The second-order valence-corrected chi connectivity index (χ2v) is 5.50. The number of nitriles is 1. The van der Waals surface area contributed by atoms with Crippen molar-refractivity contribution in [3.63, 3.8) is 0 Å². The predicted octanol–water partition coefficient (Wildman–Crippen LogP) is 2.46. The van der Waals surface area contributed by atoms with Crippen molar-refractivity contribution in [2.75, 3.05) is 32.9 Å². The van der Waals surface area contributed by atoms with Gasteiger partial charge in [0.1, 0.15) is 5.75 Å². The first-order valence-corrected chi connectivity index (χ1v) is 7.85. The zero-order valence-corrected chi connectivity index (χ0v) is 13.3. The van der Waals surface area contributed by atoms with E-state index in [1.54, 1.807) is 17.0 Å². The van der Waals surface area contributed by atoms with Crippen LogP contribution in [0.4, 0.5) is 0 Å². The van der Waals surface area contributed by atoms with Crippen LogP contribution < -0.4 is 4.74 Å². The standard InChI is InChI=1S/C19H18N2O3/c20-13-15-1-3-16(4-2-15)17-5-7-18(8-6-17)24-14-19(22)21-9-11-23-12-10-21/h1-8H,9-12,14H2. The fourth-order valence-electron chi connectivity index (χ4n) is 2.53. The van der Waals surface area contributed by atoms with Gasteiger partial charge in [0.25, 0.3) is 5.91 Å². The third-order valence-electron chi connectivity index (χ3n) is 3.93. The molecule has 0 aliphatic carbocycles. The van der Waals surface area contributed by atoms with E-state index in [1.165, 1.54) is 0 Å². The maximum absolute atomic E-state index is 12.0. The Morgan fingerprint density at radius 1 is 1.04 bits per heavy atom. The van der Waals surface area contributed by atoms with Crippen molar-refractivity contribution in [2.45, 2.75) is 0 Å². The first-order valence-electron chi connectivity index (χ1n) is 7.85. The molecule has 24 heavy (non-hydrogen) atoms. The number of benzene rings is 2. The largest absolute Gasteiger partial charge is 0.484 e. The van der Waals surface area contributed by atoms with Gasteiger partial charge in [0.05, 0.1) is 24.8 Å². The van der Waals surface area contributed by atoms with Crippen molar-refractivity contribution in [3.05, 3.63) is 54.1 Å². The Balaban J connectivity index is 1.58. The molecule has 0 unspecified atom stereocenters. The third-order valence-corrected chi connectivity index (χ3v) is 3.93. The number of hydrogen-bond donors (Lipinski definition) is 0. The molecule has 0 N–H and O–H groups in total. The van der Waals surface area contributed by atoms with Gasteiger partial charge in [-0.25, -0.2) is 0 Å². The predicted molar refractivity (Wildman–Crippen MR) is 89.5 cm³/mol. The minimum atomic E-state index is -0.0190. The van der Waals surface area contributed by atoms with E-state index in [1.807, 2.05) is 36.4 Å². The first kappa shape index (κ1) is 16.0. The molecular formula is C19H18N2O3. The van der Waals surface area contributed by atoms with E-state index in [0.717, 1.165) is 11.1 Å². The van der Waals surface area contributed by atoms with Crippen LogP contribution in [0.5, 0.6) is 5.75 Å². The lowest BCUT2D eigenvalue weighted by atomic mass is 10.0. The lowest BCUT2D eigenvalue weighted by molar-refractivity contribution is -0.137. The summed E-state index contributed by atoms with van der Waals surface area (Å²) in [6.07, 6.45) is 0. The first-order chi connectivity index (χ1) is 11.8. The molecule has 1 amide bonds. The van der Waals surface area contributed by atoms with E-state index in [4.69, 9.17) is 14.7 Å². The summed E-state index contributed by atoms with van der Waals surface area (Å²) >= 11 is 0. The maximum atomic E-state index is 12.0. The van der Waals surface area contributed by atoms with Gasteiger partial charge >= 0.3 is 0 Å². The Morgan fingerprint density at radius 2 is 1.62 bits per heavy atom. The lowest BCUT2D eigenvalue weighted by Crippen LogP contribution is -2.42. The molecule has 0 aromatic heterocycles. The smallest absolute Gasteiger partial charge is 0.260 e. The number of amides is 1. The number of carbonyl (C=O) groups is 1. The van der Waals surface area contributed by atoms with Crippen LogP contribution in [0.3, 0.4) is 0 Å². The topological polar surface area (TPSA) is 62.6 Å². The Bertz CT molecular complexity index is 727. The molecule has 1 fully saturated rings. The van der Waals surface area contributed by atoms with E-state index in [9.17, 15) is 4.79 Å². The highest BCUT2D eigenvalue weighted by atomic mass is 16.5. The molecule has 122 valence electrons. The molecule has 2 aromatic rings. The van der Waals surface area contributed by atoms with Crippen LogP contribution in [-0.2, 0) is 9.53 Å². The van der Waals surface area contributed by atoms with Gasteiger partial charge < -0.3 is 14.4 Å². The molecule has 0 bridgehead atoms. The van der Waals surface area contributed by atoms with Crippen molar-refractivity contribution in [3.8, 4) is 22.9 Å². The Morgan fingerprint density at radius 3 is 2.21 bits per heavy atom. The minimum Gasteiger partial charge on any atom is -0.484 e. The number of morpholine rings is 1. The molecule has 1 aliphatic rings.